The summed E-state index contributed by atoms with van der Waals surface area (Å²) < 4.78 is 0. The lowest BCUT2D eigenvalue weighted by molar-refractivity contribution is -0.112. The van der Waals surface area contributed by atoms with Gasteiger partial charge in [0.2, 0.25) is 0 Å². The van der Waals surface area contributed by atoms with Crippen LogP contribution < -0.4 is 0 Å². The third-order valence-corrected chi connectivity index (χ3v) is 3.01. The van der Waals surface area contributed by atoms with Crippen molar-refractivity contribution in [2.45, 2.75) is 47.5 Å². The molecule has 1 aliphatic rings. The topological polar surface area (TPSA) is 17.1 Å². The molecule has 0 saturated heterocycles. The van der Waals surface area contributed by atoms with Crippen LogP contribution in [0.5, 0.6) is 0 Å². The molecule has 0 saturated carbocycles. The highest BCUT2D eigenvalue weighted by molar-refractivity contribution is 6.06. The van der Waals surface area contributed by atoms with Crippen LogP contribution in [0, 0.1) is 5.41 Å². The van der Waals surface area contributed by atoms with E-state index >= 15 is 0 Å². The molecule has 0 aromatic carbocycles. The van der Waals surface area contributed by atoms with E-state index in [2.05, 4.69) is 26.8 Å². The Morgan fingerprint density at radius 1 is 1.44 bits per heavy atom. The van der Waals surface area contributed by atoms with Crippen LogP contribution >= 0.6 is 0 Å². The van der Waals surface area contributed by atoms with Crippen LogP contribution in [0.25, 0.3) is 0 Å². The largest absolute Gasteiger partial charge is 0.290 e. The summed E-state index contributed by atoms with van der Waals surface area (Å²) in [4.78, 5) is 12.1. The van der Waals surface area contributed by atoms with Gasteiger partial charge in [0.1, 0.15) is 0 Å². The SMILES string of the molecule is CC/C=C/C(=O)C1=C(C)C=C(C)CC1(C)C. The Bertz CT molecular complexity index is 378. The summed E-state index contributed by atoms with van der Waals surface area (Å²) in [6.07, 6.45) is 7.68. The Balaban J connectivity index is 3.12. The zero-order valence-corrected chi connectivity index (χ0v) is 11.1. The van der Waals surface area contributed by atoms with Gasteiger partial charge in [-0.2, -0.15) is 0 Å². The molecule has 1 aliphatic carbocycles. The van der Waals surface area contributed by atoms with Gasteiger partial charge in [0.15, 0.2) is 5.78 Å². The van der Waals surface area contributed by atoms with Crippen molar-refractivity contribution in [3.05, 3.63) is 34.9 Å². The van der Waals surface area contributed by atoms with E-state index in [9.17, 15) is 4.79 Å². The van der Waals surface area contributed by atoms with E-state index in [1.165, 1.54) is 5.57 Å². The minimum atomic E-state index is -0.0297. The molecule has 1 nitrogen and oxygen atoms in total. The number of rotatable bonds is 3. The summed E-state index contributed by atoms with van der Waals surface area (Å²) in [6, 6.07) is 0. The van der Waals surface area contributed by atoms with E-state index in [0.717, 1.165) is 24.0 Å². The lowest BCUT2D eigenvalue weighted by Gasteiger charge is -2.32. The highest BCUT2D eigenvalue weighted by Gasteiger charge is 2.31. The molecule has 0 bridgehead atoms. The van der Waals surface area contributed by atoms with Crippen LogP contribution in [-0.4, -0.2) is 5.78 Å². The van der Waals surface area contributed by atoms with Crippen LogP contribution in [0.15, 0.2) is 34.9 Å². The molecule has 0 heterocycles. The van der Waals surface area contributed by atoms with Crippen molar-refractivity contribution in [2.75, 3.05) is 0 Å². The van der Waals surface area contributed by atoms with Gasteiger partial charge in [-0.15, -0.1) is 0 Å². The van der Waals surface area contributed by atoms with Gasteiger partial charge in [-0.1, -0.05) is 38.5 Å². The fourth-order valence-electron chi connectivity index (χ4n) is 2.65. The zero-order valence-electron chi connectivity index (χ0n) is 11.1. The summed E-state index contributed by atoms with van der Waals surface area (Å²) >= 11 is 0. The Kier molecular flexibility index (Phi) is 3.90. The molecule has 0 aromatic rings. The zero-order chi connectivity index (χ0) is 12.3. The van der Waals surface area contributed by atoms with E-state index in [1.54, 1.807) is 6.08 Å². The van der Waals surface area contributed by atoms with Gasteiger partial charge in [0.25, 0.3) is 0 Å². The molecule has 0 spiro atoms. The molecule has 0 aliphatic heterocycles. The van der Waals surface area contributed by atoms with Gasteiger partial charge in [-0.05, 0) is 43.8 Å². The lowest BCUT2D eigenvalue weighted by Crippen LogP contribution is -2.24. The lowest BCUT2D eigenvalue weighted by atomic mass is 9.71. The number of carbonyl (C=O) groups excluding carboxylic acids is 1. The first kappa shape index (κ1) is 13.0. The minimum absolute atomic E-state index is 0.0297. The van der Waals surface area contributed by atoms with E-state index in [0.29, 0.717) is 0 Å². The van der Waals surface area contributed by atoms with Gasteiger partial charge in [0, 0.05) is 5.57 Å². The average Bonchev–Trinajstić information content (AvgIpc) is 2.11. The molecule has 0 N–H and O–H groups in total. The van der Waals surface area contributed by atoms with Crippen molar-refractivity contribution in [2.24, 2.45) is 5.41 Å². The fourth-order valence-corrected chi connectivity index (χ4v) is 2.65. The highest BCUT2D eigenvalue weighted by Crippen LogP contribution is 2.40. The summed E-state index contributed by atoms with van der Waals surface area (Å²) in [5.74, 6) is 0.174. The smallest absolute Gasteiger partial charge is 0.182 e. The van der Waals surface area contributed by atoms with Gasteiger partial charge >= 0.3 is 0 Å². The molecule has 0 fully saturated rings. The second kappa shape index (κ2) is 4.82. The maximum Gasteiger partial charge on any atom is 0.182 e. The fraction of sp³-hybridized carbons (Fsp3) is 0.533. The second-order valence-electron chi connectivity index (χ2n) is 5.28. The van der Waals surface area contributed by atoms with Gasteiger partial charge in [-0.3, -0.25) is 4.79 Å². The van der Waals surface area contributed by atoms with Crippen molar-refractivity contribution in [1.29, 1.82) is 0 Å². The molecule has 88 valence electrons. The normalized spacial score (nSPS) is 20.2. The molecule has 0 radical (unpaired) electrons. The van der Waals surface area contributed by atoms with E-state index in [4.69, 9.17) is 0 Å². The monoisotopic (exact) mass is 218 g/mol. The van der Waals surface area contributed by atoms with Gasteiger partial charge < -0.3 is 0 Å². The van der Waals surface area contributed by atoms with Crippen molar-refractivity contribution in [3.63, 3.8) is 0 Å². The molecule has 1 heteroatoms. The molecule has 1 rings (SSSR count). The Hall–Kier alpha value is -1.11. The Labute approximate surface area is 98.9 Å². The number of ketones is 1. The standard InChI is InChI=1S/C15H22O/c1-6-7-8-13(16)14-12(3)9-11(2)10-15(14,4)5/h7-9H,6,10H2,1-5H3/b8-7+. The van der Waals surface area contributed by atoms with Crippen LogP contribution in [0.1, 0.15) is 47.5 Å². The predicted octanol–water partition coefficient (Wildman–Crippen LogP) is 4.21. The third-order valence-electron chi connectivity index (χ3n) is 3.01. The first-order valence-electron chi connectivity index (χ1n) is 5.98. The maximum atomic E-state index is 12.1. The number of hydrogen-bond acceptors (Lipinski definition) is 1. The van der Waals surface area contributed by atoms with Crippen molar-refractivity contribution >= 4 is 5.78 Å². The van der Waals surface area contributed by atoms with E-state index in [-0.39, 0.29) is 11.2 Å². The summed E-state index contributed by atoms with van der Waals surface area (Å²) in [5, 5.41) is 0. The van der Waals surface area contributed by atoms with Crippen molar-refractivity contribution in [1.82, 2.24) is 0 Å². The van der Waals surface area contributed by atoms with Crippen molar-refractivity contribution in [3.8, 4) is 0 Å². The van der Waals surface area contributed by atoms with Crippen LogP contribution in [0.3, 0.4) is 0 Å². The molecule has 0 aromatic heterocycles. The van der Waals surface area contributed by atoms with Gasteiger partial charge in [-0.25, -0.2) is 0 Å². The minimum Gasteiger partial charge on any atom is -0.290 e. The van der Waals surface area contributed by atoms with E-state index in [1.807, 2.05) is 19.9 Å². The third kappa shape index (κ3) is 2.72. The van der Waals surface area contributed by atoms with Gasteiger partial charge in [0.05, 0.1) is 0 Å². The van der Waals surface area contributed by atoms with Crippen LogP contribution in [-0.2, 0) is 4.79 Å². The molecule has 0 atom stereocenters. The Morgan fingerprint density at radius 3 is 2.56 bits per heavy atom. The average molecular weight is 218 g/mol. The predicted molar refractivity (Wildman–Crippen MR) is 69.3 cm³/mol. The Morgan fingerprint density at radius 2 is 2.06 bits per heavy atom. The first-order chi connectivity index (χ1) is 7.38. The highest BCUT2D eigenvalue weighted by atomic mass is 16.1. The van der Waals surface area contributed by atoms with Crippen molar-refractivity contribution < 1.29 is 4.79 Å². The van der Waals surface area contributed by atoms with Crippen LogP contribution in [0.4, 0.5) is 0 Å². The number of carbonyl (C=O) groups is 1. The first-order valence-corrected chi connectivity index (χ1v) is 5.98. The number of hydrogen-bond donors (Lipinski definition) is 0. The van der Waals surface area contributed by atoms with E-state index < -0.39 is 0 Å². The molecule has 0 unspecified atom stereocenters. The summed E-state index contributed by atoms with van der Waals surface area (Å²) in [7, 11) is 0. The molecule has 16 heavy (non-hydrogen) atoms. The quantitative estimate of drug-likeness (QED) is 0.648. The molecule has 0 amide bonds. The second-order valence-corrected chi connectivity index (χ2v) is 5.28. The molecular formula is C15H22O. The maximum absolute atomic E-state index is 12.1. The molecular weight excluding hydrogens is 196 g/mol. The summed E-state index contributed by atoms with van der Waals surface area (Å²) in [5.41, 5.74) is 3.43. The summed E-state index contributed by atoms with van der Waals surface area (Å²) in [6.45, 7) is 10.5. The number of allylic oxidation sites excluding steroid dienone is 6. The van der Waals surface area contributed by atoms with Crippen LogP contribution in [0.2, 0.25) is 0 Å².